The van der Waals surface area contributed by atoms with Gasteiger partial charge in [0, 0.05) is 37.9 Å². The molecule has 0 aliphatic carbocycles. The van der Waals surface area contributed by atoms with Crippen LogP contribution in [0.1, 0.15) is 0 Å². The fraction of sp³-hybridized carbons (Fsp3) is 0.353. The molecule has 0 radical (unpaired) electrons. The van der Waals surface area contributed by atoms with Gasteiger partial charge in [-0.05, 0) is 31.3 Å². The van der Waals surface area contributed by atoms with Crippen LogP contribution in [0.5, 0.6) is 5.75 Å². The third kappa shape index (κ3) is 4.57. The molecule has 0 atom stereocenters. The van der Waals surface area contributed by atoms with E-state index in [9.17, 15) is 4.79 Å². The van der Waals surface area contributed by atoms with Crippen LogP contribution in [0.3, 0.4) is 0 Å². The fourth-order valence-corrected chi connectivity index (χ4v) is 2.58. The van der Waals surface area contributed by atoms with Crippen molar-refractivity contribution in [1.82, 2.24) is 14.9 Å². The Balaban J connectivity index is 1.60. The number of ether oxygens (including phenoxy) is 1. The summed E-state index contributed by atoms with van der Waals surface area (Å²) in [5.74, 6) is 2.02. The van der Waals surface area contributed by atoms with Crippen molar-refractivity contribution in [2.75, 3.05) is 55.9 Å². The number of piperazine rings is 1. The van der Waals surface area contributed by atoms with Crippen molar-refractivity contribution >= 4 is 23.4 Å². The molecule has 132 valence electrons. The van der Waals surface area contributed by atoms with Gasteiger partial charge in [0.2, 0.25) is 0 Å². The first-order chi connectivity index (χ1) is 12.1. The van der Waals surface area contributed by atoms with Gasteiger partial charge in [-0.25, -0.2) is 14.8 Å². The number of carbonyl (C=O) groups excluding carboxylic acids is 1. The summed E-state index contributed by atoms with van der Waals surface area (Å²) in [6, 6.07) is 8.55. The number of carbonyl (C=O) groups is 1. The highest BCUT2D eigenvalue weighted by molar-refractivity contribution is 5.99. The van der Waals surface area contributed by atoms with Crippen LogP contribution >= 0.6 is 0 Å². The first-order valence-corrected chi connectivity index (χ1v) is 8.11. The minimum atomic E-state index is -0.354. The highest BCUT2D eigenvalue weighted by Gasteiger charge is 2.16. The van der Waals surface area contributed by atoms with Crippen molar-refractivity contribution in [2.45, 2.75) is 0 Å². The lowest BCUT2D eigenvalue weighted by atomic mass is 10.3. The predicted molar refractivity (Wildman–Crippen MR) is 97.4 cm³/mol. The van der Waals surface area contributed by atoms with Crippen molar-refractivity contribution in [1.29, 1.82) is 0 Å². The van der Waals surface area contributed by atoms with Gasteiger partial charge in [-0.15, -0.1) is 0 Å². The van der Waals surface area contributed by atoms with Crippen LogP contribution < -0.4 is 20.3 Å². The number of aromatic nitrogens is 2. The Kier molecular flexibility index (Phi) is 5.30. The number of nitrogens with zero attached hydrogens (tertiary/aromatic N) is 4. The maximum atomic E-state index is 12.1. The van der Waals surface area contributed by atoms with Crippen LogP contribution in [0.2, 0.25) is 0 Å². The van der Waals surface area contributed by atoms with Gasteiger partial charge >= 0.3 is 6.03 Å². The summed E-state index contributed by atoms with van der Waals surface area (Å²) in [5, 5.41) is 5.50. The van der Waals surface area contributed by atoms with E-state index in [0.717, 1.165) is 37.7 Å². The van der Waals surface area contributed by atoms with Crippen molar-refractivity contribution < 1.29 is 9.53 Å². The molecule has 1 aliphatic heterocycles. The molecule has 2 N–H and O–H groups in total. The Morgan fingerprint density at radius 2 is 1.80 bits per heavy atom. The molecular weight excluding hydrogens is 320 g/mol. The molecule has 2 heterocycles. The lowest BCUT2D eigenvalue weighted by Gasteiger charge is -2.33. The summed E-state index contributed by atoms with van der Waals surface area (Å²) in [7, 11) is 3.70. The second-order valence-corrected chi connectivity index (χ2v) is 5.86. The van der Waals surface area contributed by atoms with Gasteiger partial charge in [0.05, 0.1) is 7.11 Å². The number of nitrogens with one attached hydrogen (secondary N) is 2. The lowest BCUT2D eigenvalue weighted by Crippen LogP contribution is -2.44. The molecular formula is C17H22N6O2. The maximum absolute atomic E-state index is 12.1. The molecule has 8 heteroatoms. The van der Waals surface area contributed by atoms with Crippen molar-refractivity contribution in [2.24, 2.45) is 0 Å². The minimum Gasteiger partial charge on any atom is -0.497 e. The van der Waals surface area contributed by atoms with E-state index < -0.39 is 0 Å². The normalized spacial score (nSPS) is 14.9. The number of hydrogen-bond donors (Lipinski definition) is 2. The van der Waals surface area contributed by atoms with Crippen molar-refractivity contribution in [3.63, 3.8) is 0 Å². The number of anilines is 3. The quantitative estimate of drug-likeness (QED) is 0.883. The van der Waals surface area contributed by atoms with Gasteiger partial charge < -0.3 is 19.9 Å². The Morgan fingerprint density at radius 3 is 2.48 bits per heavy atom. The second-order valence-electron chi connectivity index (χ2n) is 5.86. The first kappa shape index (κ1) is 17.0. The molecule has 2 amide bonds. The van der Waals surface area contributed by atoms with Gasteiger partial charge in [0.1, 0.15) is 23.7 Å². The van der Waals surface area contributed by atoms with Gasteiger partial charge in [-0.3, -0.25) is 5.32 Å². The molecule has 0 unspecified atom stereocenters. The Hall–Kier alpha value is -2.87. The molecule has 25 heavy (non-hydrogen) atoms. The van der Waals surface area contributed by atoms with Crippen LogP contribution in [0.4, 0.5) is 22.1 Å². The predicted octanol–water partition coefficient (Wildman–Crippen LogP) is 1.88. The smallest absolute Gasteiger partial charge is 0.324 e. The van der Waals surface area contributed by atoms with Gasteiger partial charge in [-0.2, -0.15) is 0 Å². The Bertz CT molecular complexity index is 713. The van der Waals surface area contributed by atoms with E-state index in [1.165, 1.54) is 6.33 Å². The lowest BCUT2D eigenvalue weighted by molar-refractivity contribution is 0.262. The van der Waals surface area contributed by atoms with E-state index in [1.54, 1.807) is 37.4 Å². The monoisotopic (exact) mass is 342 g/mol. The molecule has 1 fully saturated rings. The third-order valence-electron chi connectivity index (χ3n) is 4.07. The molecule has 2 aromatic rings. The highest BCUT2D eigenvalue weighted by atomic mass is 16.5. The van der Waals surface area contributed by atoms with E-state index >= 15 is 0 Å². The van der Waals surface area contributed by atoms with Crippen LogP contribution in [0, 0.1) is 0 Å². The topological polar surface area (TPSA) is 82.6 Å². The number of rotatable bonds is 4. The second kappa shape index (κ2) is 7.80. The molecule has 0 saturated carbocycles. The average molecular weight is 342 g/mol. The summed E-state index contributed by atoms with van der Waals surface area (Å²) < 4.78 is 5.09. The number of amides is 2. The molecule has 1 aromatic carbocycles. The summed E-state index contributed by atoms with van der Waals surface area (Å²) >= 11 is 0. The number of likely N-dealkylation sites (N-methyl/N-ethyl adjacent to an activating group) is 1. The summed E-state index contributed by atoms with van der Waals surface area (Å²) in [5.41, 5.74) is 0.673. The summed E-state index contributed by atoms with van der Waals surface area (Å²) in [6.45, 7) is 3.80. The molecule has 0 spiro atoms. The summed E-state index contributed by atoms with van der Waals surface area (Å²) in [6.07, 6.45) is 1.47. The van der Waals surface area contributed by atoms with Gasteiger partial charge in [-0.1, -0.05) is 0 Å². The van der Waals surface area contributed by atoms with Crippen molar-refractivity contribution in [3.05, 3.63) is 36.7 Å². The van der Waals surface area contributed by atoms with E-state index in [-0.39, 0.29) is 6.03 Å². The van der Waals surface area contributed by atoms with Gasteiger partial charge in [0.15, 0.2) is 0 Å². The van der Waals surface area contributed by atoms with Crippen LogP contribution in [-0.2, 0) is 0 Å². The molecule has 0 bridgehead atoms. The number of methoxy groups -OCH3 is 1. The number of benzene rings is 1. The zero-order valence-electron chi connectivity index (χ0n) is 14.4. The van der Waals surface area contributed by atoms with Gasteiger partial charge in [0.25, 0.3) is 0 Å². The van der Waals surface area contributed by atoms with Crippen LogP contribution in [-0.4, -0.2) is 61.2 Å². The first-order valence-electron chi connectivity index (χ1n) is 8.11. The highest BCUT2D eigenvalue weighted by Crippen LogP contribution is 2.17. The Morgan fingerprint density at radius 1 is 1.08 bits per heavy atom. The SMILES string of the molecule is COc1ccc(NC(=O)Nc2cc(N3CCN(C)CC3)ncn2)cc1. The largest absolute Gasteiger partial charge is 0.497 e. The van der Waals surface area contributed by atoms with E-state index in [4.69, 9.17) is 4.74 Å². The van der Waals surface area contributed by atoms with E-state index in [1.807, 2.05) is 0 Å². The Labute approximate surface area is 146 Å². The van der Waals surface area contributed by atoms with E-state index in [2.05, 4.69) is 37.4 Å². The zero-order chi connectivity index (χ0) is 17.6. The van der Waals surface area contributed by atoms with E-state index in [0.29, 0.717) is 11.5 Å². The van der Waals surface area contributed by atoms with Crippen molar-refractivity contribution in [3.8, 4) is 5.75 Å². The standard InChI is InChI=1S/C17H22N6O2/c1-22-7-9-23(10-8-22)16-11-15(18-12-19-16)21-17(24)20-13-3-5-14(25-2)6-4-13/h3-6,11-12H,7-10H2,1-2H3,(H2,18,19,20,21,24). The molecule has 3 rings (SSSR count). The molecule has 1 aromatic heterocycles. The molecule has 1 saturated heterocycles. The number of hydrogen-bond acceptors (Lipinski definition) is 6. The minimum absolute atomic E-state index is 0.354. The average Bonchev–Trinajstić information content (AvgIpc) is 2.63. The van der Waals surface area contributed by atoms with Crippen LogP contribution in [0.15, 0.2) is 36.7 Å². The number of urea groups is 1. The summed E-state index contributed by atoms with van der Waals surface area (Å²) in [4.78, 5) is 25.0. The fourth-order valence-electron chi connectivity index (χ4n) is 2.58. The zero-order valence-corrected chi connectivity index (χ0v) is 14.4. The third-order valence-corrected chi connectivity index (χ3v) is 4.07. The molecule has 8 nitrogen and oxygen atoms in total. The maximum Gasteiger partial charge on any atom is 0.324 e. The van der Waals surface area contributed by atoms with Crippen LogP contribution in [0.25, 0.3) is 0 Å². The molecule has 1 aliphatic rings.